The molecule has 1 aliphatic heterocycles. The number of aryl methyl sites for hydroxylation is 2. The number of fused-ring (bicyclic) bond motifs is 1. The van der Waals surface area contributed by atoms with Gasteiger partial charge in [-0.1, -0.05) is 49.9 Å². The van der Waals surface area contributed by atoms with Crippen molar-refractivity contribution in [3.05, 3.63) is 68.6 Å². The minimum atomic E-state index is -0.238. The number of nitrogens with zero attached hydrogens (tertiary/aromatic N) is 2. The molecule has 6 heteroatoms. The van der Waals surface area contributed by atoms with E-state index in [1.807, 2.05) is 17.9 Å². The molecule has 1 saturated carbocycles. The SMILES string of the molecule is Cc1cc(=O)c(C(=O)NC2CCCc3ccccc32)c(CC2CCCC2)n1CCCN1CCCC1=O. The third-order valence-electron chi connectivity index (χ3n) is 8.47. The molecular formula is C30H39N3O3. The molecule has 0 bridgehead atoms. The van der Waals surface area contributed by atoms with Gasteiger partial charge in [0.2, 0.25) is 5.91 Å². The molecule has 1 N–H and O–H groups in total. The van der Waals surface area contributed by atoms with Gasteiger partial charge in [0.15, 0.2) is 5.43 Å². The van der Waals surface area contributed by atoms with Gasteiger partial charge in [-0.3, -0.25) is 14.4 Å². The lowest BCUT2D eigenvalue weighted by atomic mass is 9.87. The minimum Gasteiger partial charge on any atom is -0.348 e. The maximum Gasteiger partial charge on any atom is 0.257 e. The van der Waals surface area contributed by atoms with Crippen molar-refractivity contribution in [2.75, 3.05) is 13.1 Å². The van der Waals surface area contributed by atoms with Crippen LogP contribution in [0.25, 0.3) is 0 Å². The number of amides is 2. The van der Waals surface area contributed by atoms with Crippen molar-refractivity contribution >= 4 is 11.8 Å². The summed E-state index contributed by atoms with van der Waals surface area (Å²) in [4.78, 5) is 41.1. The molecule has 36 heavy (non-hydrogen) atoms. The number of carbonyl (C=O) groups excluding carboxylic acids is 2. The van der Waals surface area contributed by atoms with Gasteiger partial charge in [0.1, 0.15) is 5.56 Å². The zero-order valence-corrected chi connectivity index (χ0v) is 21.6. The number of aromatic nitrogens is 1. The molecule has 1 atom stereocenters. The Morgan fingerprint density at radius 1 is 1.00 bits per heavy atom. The van der Waals surface area contributed by atoms with Gasteiger partial charge in [0.25, 0.3) is 5.91 Å². The van der Waals surface area contributed by atoms with E-state index in [1.165, 1.54) is 24.0 Å². The Balaban J connectivity index is 1.43. The molecule has 2 aromatic rings. The number of hydrogen-bond acceptors (Lipinski definition) is 3. The van der Waals surface area contributed by atoms with Gasteiger partial charge in [-0.15, -0.1) is 0 Å². The number of benzene rings is 1. The van der Waals surface area contributed by atoms with Crippen LogP contribution in [-0.4, -0.2) is 34.4 Å². The maximum absolute atomic E-state index is 13.8. The largest absolute Gasteiger partial charge is 0.348 e. The van der Waals surface area contributed by atoms with Crippen molar-refractivity contribution in [1.29, 1.82) is 0 Å². The Morgan fingerprint density at radius 3 is 2.58 bits per heavy atom. The van der Waals surface area contributed by atoms with E-state index in [-0.39, 0.29) is 23.3 Å². The molecule has 2 heterocycles. The lowest BCUT2D eigenvalue weighted by molar-refractivity contribution is -0.127. The molecule has 1 aromatic heterocycles. The van der Waals surface area contributed by atoms with Crippen molar-refractivity contribution in [1.82, 2.24) is 14.8 Å². The number of nitrogens with one attached hydrogen (secondary N) is 1. The number of rotatable bonds is 8. The highest BCUT2D eigenvalue weighted by Gasteiger charge is 2.28. The first-order valence-corrected chi connectivity index (χ1v) is 13.9. The first kappa shape index (κ1) is 24.8. The third kappa shape index (κ3) is 5.28. The second kappa shape index (κ2) is 11.0. The fraction of sp³-hybridized carbons (Fsp3) is 0.567. The zero-order valence-electron chi connectivity index (χ0n) is 21.6. The van der Waals surface area contributed by atoms with E-state index >= 15 is 0 Å². The van der Waals surface area contributed by atoms with Gasteiger partial charge in [-0.05, 0) is 62.5 Å². The predicted octanol–water partition coefficient (Wildman–Crippen LogP) is 4.71. The second-order valence-corrected chi connectivity index (χ2v) is 10.9. The molecule has 3 aliphatic rings. The van der Waals surface area contributed by atoms with E-state index in [9.17, 15) is 14.4 Å². The van der Waals surface area contributed by atoms with Crippen molar-refractivity contribution < 1.29 is 9.59 Å². The fourth-order valence-electron chi connectivity index (χ4n) is 6.58. The highest BCUT2D eigenvalue weighted by molar-refractivity contribution is 5.95. The molecule has 2 fully saturated rings. The first-order chi connectivity index (χ1) is 17.5. The summed E-state index contributed by atoms with van der Waals surface area (Å²) < 4.78 is 2.20. The average Bonchev–Trinajstić information content (AvgIpc) is 3.53. The van der Waals surface area contributed by atoms with Gasteiger partial charge in [0.05, 0.1) is 6.04 Å². The third-order valence-corrected chi connectivity index (χ3v) is 8.47. The van der Waals surface area contributed by atoms with E-state index in [0.717, 1.165) is 75.8 Å². The summed E-state index contributed by atoms with van der Waals surface area (Å²) in [7, 11) is 0. The second-order valence-electron chi connectivity index (χ2n) is 10.9. The molecule has 2 amide bonds. The van der Waals surface area contributed by atoms with Crippen LogP contribution < -0.4 is 10.7 Å². The summed E-state index contributed by atoms with van der Waals surface area (Å²) in [5, 5.41) is 3.25. The van der Waals surface area contributed by atoms with Crippen molar-refractivity contribution in [2.45, 2.75) is 90.1 Å². The molecule has 1 aromatic carbocycles. The smallest absolute Gasteiger partial charge is 0.257 e. The number of pyridine rings is 1. The number of likely N-dealkylation sites (tertiary alicyclic amines) is 1. The van der Waals surface area contributed by atoms with E-state index < -0.39 is 0 Å². The molecule has 192 valence electrons. The van der Waals surface area contributed by atoms with Gasteiger partial charge >= 0.3 is 0 Å². The Labute approximate surface area is 214 Å². The van der Waals surface area contributed by atoms with Crippen LogP contribution in [0.3, 0.4) is 0 Å². The van der Waals surface area contributed by atoms with Gasteiger partial charge in [0, 0.05) is 43.5 Å². The monoisotopic (exact) mass is 489 g/mol. The van der Waals surface area contributed by atoms with Gasteiger partial charge in [-0.2, -0.15) is 0 Å². The Bertz CT molecular complexity index is 1180. The molecule has 2 aliphatic carbocycles. The van der Waals surface area contributed by atoms with Gasteiger partial charge in [-0.25, -0.2) is 0 Å². The number of carbonyl (C=O) groups is 2. The molecule has 5 rings (SSSR count). The summed E-state index contributed by atoms with van der Waals surface area (Å²) in [6, 6.07) is 9.89. The maximum atomic E-state index is 13.8. The summed E-state index contributed by atoms with van der Waals surface area (Å²) in [5.41, 5.74) is 4.41. The molecule has 0 spiro atoms. The van der Waals surface area contributed by atoms with Crippen LogP contribution in [0.15, 0.2) is 35.1 Å². The lowest BCUT2D eigenvalue weighted by Crippen LogP contribution is -2.37. The predicted molar refractivity (Wildman–Crippen MR) is 141 cm³/mol. The van der Waals surface area contributed by atoms with Gasteiger partial charge < -0.3 is 14.8 Å². The summed E-state index contributed by atoms with van der Waals surface area (Å²) in [5.74, 6) is 0.517. The van der Waals surface area contributed by atoms with Crippen LogP contribution >= 0.6 is 0 Å². The lowest BCUT2D eigenvalue weighted by Gasteiger charge is -2.28. The molecular weight excluding hydrogens is 450 g/mol. The van der Waals surface area contributed by atoms with Crippen LogP contribution in [-0.2, 0) is 24.2 Å². The van der Waals surface area contributed by atoms with Crippen LogP contribution in [0.2, 0.25) is 0 Å². The van der Waals surface area contributed by atoms with E-state index in [0.29, 0.717) is 24.4 Å². The van der Waals surface area contributed by atoms with Crippen LogP contribution in [0, 0.1) is 12.8 Å². The zero-order chi connectivity index (χ0) is 25.1. The van der Waals surface area contributed by atoms with Crippen LogP contribution in [0.5, 0.6) is 0 Å². The summed E-state index contributed by atoms with van der Waals surface area (Å²) >= 11 is 0. The Hall–Kier alpha value is -2.89. The first-order valence-electron chi connectivity index (χ1n) is 13.9. The van der Waals surface area contributed by atoms with E-state index in [1.54, 1.807) is 6.07 Å². The Morgan fingerprint density at radius 2 is 1.81 bits per heavy atom. The fourth-order valence-corrected chi connectivity index (χ4v) is 6.58. The standard InChI is InChI=1S/C30H39N3O3/c1-21-19-27(34)29(30(36)31-25-14-6-12-23-11-4-5-13-24(23)25)26(20-22-9-2-3-10-22)33(21)18-8-17-32-16-7-15-28(32)35/h4-5,11,13,19,22,25H,2-3,6-10,12,14-18,20H2,1H3,(H,31,36). The molecule has 1 unspecified atom stereocenters. The van der Waals surface area contributed by atoms with Crippen molar-refractivity contribution in [3.63, 3.8) is 0 Å². The average molecular weight is 490 g/mol. The normalized spacial score (nSPS) is 20.1. The summed E-state index contributed by atoms with van der Waals surface area (Å²) in [6.45, 7) is 4.26. The van der Waals surface area contributed by atoms with E-state index in [4.69, 9.17) is 0 Å². The number of hydrogen-bond donors (Lipinski definition) is 1. The molecule has 1 saturated heterocycles. The van der Waals surface area contributed by atoms with Crippen molar-refractivity contribution in [2.24, 2.45) is 5.92 Å². The van der Waals surface area contributed by atoms with Crippen molar-refractivity contribution in [3.8, 4) is 0 Å². The van der Waals surface area contributed by atoms with E-state index in [2.05, 4.69) is 28.1 Å². The minimum absolute atomic E-state index is 0.0582. The topological polar surface area (TPSA) is 71.4 Å². The van der Waals surface area contributed by atoms with Crippen LogP contribution in [0.1, 0.15) is 96.7 Å². The Kier molecular flexibility index (Phi) is 7.59. The molecule has 0 radical (unpaired) electrons. The summed E-state index contributed by atoms with van der Waals surface area (Å²) in [6.07, 6.45) is 10.9. The quantitative estimate of drug-likeness (QED) is 0.584. The highest BCUT2D eigenvalue weighted by Crippen LogP contribution is 2.31. The van der Waals surface area contributed by atoms with Crippen LogP contribution in [0.4, 0.5) is 0 Å². The molecule has 6 nitrogen and oxygen atoms in total. The highest BCUT2D eigenvalue weighted by atomic mass is 16.2.